The van der Waals surface area contributed by atoms with Gasteiger partial charge in [0.2, 0.25) is 5.91 Å². The van der Waals surface area contributed by atoms with Crippen molar-refractivity contribution in [3.05, 3.63) is 42.9 Å². The van der Waals surface area contributed by atoms with Crippen molar-refractivity contribution in [1.82, 2.24) is 14.9 Å². The molecule has 8 nitrogen and oxygen atoms in total. The maximum atomic E-state index is 12.0. The van der Waals surface area contributed by atoms with Crippen LogP contribution in [0.5, 0.6) is 0 Å². The summed E-state index contributed by atoms with van der Waals surface area (Å²) in [5.41, 5.74) is 0.700. The number of hydrogen-bond acceptors (Lipinski definition) is 6. The highest BCUT2D eigenvalue weighted by Gasteiger charge is 2.35. The Morgan fingerprint density at radius 2 is 2.15 bits per heavy atom. The average Bonchev–Trinajstić information content (AvgIpc) is 2.65. The SMILES string of the molecule is CN(C[C@@]1(O)CCCN(c2ccnc3ccncc23)C1)C(=O)/C=C/C(=O)O. The molecule has 1 aliphatic rings. The van der Waals surface area contributed by atoms with Crippen molar-refractivity contribution in [2.45, 2.75) is 18.4 Å². The Labute approximate surface area is 156 Å². The van der Waals surface area contributed by atoms with Crippen molar-refractivity contribution >= 4 is 28.5 Å². The van der Waals surface area contributed by atoms with Crippen LogP contribution < -0.4 is 4.90 Å². The highest BCUT2D eigenvalue weighted by Crippen LogP contribution is 2.30. The summed E-state index contributed by atoms with van der Waals surface area (Å²) in [5.74, 6) is -1.64. The van der Waals surface area contributed by atoms with Crippen LogP contribution in [0.2, 0.25) is 0 Å². The minimum atomic E-state index is -1.18. The number of β-amino-alcohol motifs (C(OH)–C–C–N with tert-alkyl or cyclic N) is 1. The number of carbonyl (C=O) groups excluding carboxylic acids is 1. The van der Waals surface area contributed by atoms with E-state index in [1.165, 1.54) is 4.90 Å². The van der Waals surface area contributed by atoms with Crippen LogP contribution in [0.1, 0.15) is 12.8 Å². The number of aliphatic carboxylic acids is 1. The number of carbonyl (C=O) groups is 2. The van der Waals surface area contributed by atoms with Crippen molar-refractivity contribution in [3.63, 3.8) is 0 Å². The van der Waals surface area contributed by atoms with Gasteiger partial charge < -0.3 is 20.0 Å². The van der Waals surface area contributed by atoms with Gasteiger partial charge in [0.1, 0.15) is 0 Å². The molecule has 0 unspecified atom stereocenters. The summed E-state index contributed by atoms with van der Waals surface area (Å²) < 4.78 is 0. The standard InChI is InChI=1S/C19H22N4O4/c1-22(17(24)3-4-18(25)26)12-19(27)7-2-10-23(13-19)16-6-9-21-15-5-8-20-11-14(15)16/h3-6,8-9,11,27H,2,7,10,12-13H2,1H3,(H,25,26)/b4-3+/t19-/m0/s1. The maximum absolute atomic E-state index is 12.0. The smallest absolute Gasteiger partial charge is 0.328 e. The van der Waals surface area contributed by atoms with Gasteiger partial charge in [-0.25, -0.2) is 4.79 Å². The molecule has 0 aliphatic carbocycles. The molecule has 3 heterocycles. The van der Waals surface area contributed by atoms with Gasteiger partial charge in [0, 0.05) is 62.0 Å². The minimum Gasteiger partial charge on any atom is -0.478 e. The Morgan fingerprint density at radius 3 is 2.93 bits per heavy atom. The number of amides is 1. The number of pyridine rings is 2. The Bertz CT molecular complexity index is 880. The second-order valence-electron chi connectivity index (χ2n) is 6.84. The molecule has 3 rings (SSSR count). The first kappa shape index (κ1) is 18.8. The first-order chi connectivity index (χ1) is 12.9. The van der Waals surface area contributed by atoms with E-state index in [0.717, 1.165) is 41.7 Å². The summed E-state index contributed by atoms with van der Waals surface area (Å²) >= 11 is 0. The molecule has 2 aromatic rings. The molecular formula is C19H22N4O4. The maximum Gasteiger partial charge on any atom is 0.328 e. The van der Waals surface area contributed by atoms with E-state index in [1.807, 2.05) is 12.1 Å². The van der Waals surface area contributed by atoms with Crippen LogP contribution in [0.4, 0.5) is 5.69 Å². The molecule has 1 atom stereocenters. The number of carboxylic acids is 1. The molecule has 1 aliphatic heterocycles. The normalized spacial score (nSPS) is 20.1. The summed E-state index contributed by atoms with van der Waals surface area (Å²) in [6, 6.07) is 3.75. The van der Waals surface area contributed by atoms with Gasteiger partial charge in [-0.2, -0.15) is 0 Å². The zero-order valence-electron chi connectivity index (χ0n) is 15.1. The third kappa shape index (κ3) is 4.40. The Kier molecular flexibility index (Phi) is 5.36. The van der Waals surface area contributed by atoms with Gasteiger partial charge in [0.15, 0.2) is 0 Å². The highest BCUT2D eigenvalue weighted by atomic mass is 16.4. The summed E-state index contributed by atoms with van der Waals surface area (Å²) in [6.45, 7) is 1.27. The van der Waals surface area contributed by atoms with Gasteiger partial charge >= 0.3 is 5.97 Å². The summed E-state index contributed by atoms with van der Waals surface area (Å²) in [6.07, 6.45) is 8.31. The van der Waals surface area contributed by atoms with Gasteiger partial charge in [-0.3, -0.25) is 14.8 Å². The zero-order chi connectivity index (χ0) is 19.4. The van der Waals surface area contributed by atoms with Crippen LogP contribution in [-0.4, -0.2) is 69.2 Å². The lowest BCUT2D eigenvalue weighted by Gasteiger charge is -2.42. The molecule has 1 amide bonds. The molecule has 1 saturated heterocycles. The number of aromatic nitrogens is 2. The molecule has 0 saturated carbocycles. The van der Waals surface area contributed by atoms with Crippen LogP contribution in [0.3, 0.4) is 0 Å². The van der Waals surface area contributed by atoms with Crippen molar-refractivity contribution in [3.8, 4) is 0 Å². The van der Waals surface area contributed by atoms with E-state index in [4.69, 9.17) is 5.11 Å². The largest absolute Gasteiger partial charge is 0.478 e. The van der Waals surface area contributed by atoms with Crippen LogP contribution in [-0.2, 0) is 9.59 Å². The molecule has 0 spiro atoms. The number of fused-ring (bicyclic) bond motifs is 1. The summed E-state index contributed by atoms with van der Waals surface area (Å²) in [7, 11) is 1.55. The van der Waals surface area contributed by atoms with E-state index in [1.54, 1.807) is 25.6 Å². The molecular weight excluding hydrogens is 348 g/mol. The Balaban J connectivity index is 1.76. The van der Waals surface area contributed by atoms with Crippen molar-refractivity contribution in [2.75, 3.05) is 31.6 Å². The minimum absolute atomic E-state index is 0.119. The van der Waals surface area contributed by atoms with Crippen LogP contribution >= 0.6 is 0 Å². The van der Waals surface area contributed by atoms with Gasteiger partial charge in [-0.05, 0) is 25.0 Å². The van der Waals surface area contributed by atoms with E-state index >= 15 is 0 Å². The number of hydrogen-bond donors (Lipinski definition) is 2. The monoisotopic (exact) mass is 370 g/mol. The molecule has 1 fully saturated rings. The van der Waals surface area contributed by atoms with Crippen molar-refractivity contribution in [2.24, 2.45) is 0 Å². The van der Waals surface area contributed by atoms with E-state index in [2.05, 4.69) is 14.9 Å². The number of piperidine rings is 1. The van der Waals surface area contributed by atoms with Gasteiger partial charge in [0.25, 0.3) is 0 Å². The number of rotatable bonds is 5. The molecule has 0 radical (unpaired) electrons. The molecule has 0 bridgehead atoms. The molecule has 142 valence electrons. The molecule has 0 aromatic carbocycles. The first-order valence-electron chi connectivity index (χ1n) is 8.70. The lowest BCUT2D eigenvalue weighted by molar-refractivity contribution is -0.132. The van der Waals surface area contributed by atoms with Crippen LogP contribution in [0.15, 0.2) is 42.9 Å². The van der Waals surface area contributed by atoms with Gasteiger partial charge in [-0.15, -0.1) is 0 Å². The fourth-order valence-corrected chi connectivity index (χ4v) is 3.49. The predicted octanol–water partition coefficient (Wildman–Crippen LogP) is 1.06. The number of likely N-dealkylation sites (N-methyl/N-ethyl adjacent to an activating group) is 1. The fraction of sp³-hybridized carbons (Fsp3) is 0.368. The van der Waals surface area contributed by atoms with E-state index in [9.17, 15) is 14.7 Å². The predicted molar refractivity (Wildman–Crippen MR) is 100 cm³/mol. The first-order valence-corrected chi connectivity index (χ1v) is 8.70. The number of nitrogens with zero attached hydrogens (tertiary/aromatic N) is 4. The van der Waals surface area contributed by atoms with E-state index in [-0.39, 0.29) is 6.54 Å². The number of aliphatic hydroxyl groups is 1. The lowest BCUT2D eigenvalue weighted by atomic mass is 9.91. The quantitative estimate of drug-likeness (QED) is 0.758. The van der Waals surface area contributed by atoms with Crippen molar-refractivity contribution < 1.29 is 19.8 Å². The lowest BCUT2D eigenvalue weighted by Crippen LogP contribution is -2.54. The van der Waals surface area contributed by atoms with Crippen LogP contribution in [0, 0.1) is 0 Å². The third-order valence-corrected chi connectivity index (χ3v) is 4.69. The molecule has 2 aromatic heterocycles. The number of carboxylic acid groups (broad SMARTS) is 1. The second-order valence-corrected chi connectivity index (χ2v) is 6.84. The summed E-state index contributed by atoms with van der Waals surface area (Å²) in [4.78, 5) is 34.5. The summed E-state index contributed by atoms with van der Waals surface area (Å²) in [5, 5.41) is 20.6. The molecule has 8 heteroatoms. The Morgan fingerprint density at radius 1 is 1.33 bits per heavy atom. The highest BCUT2D eigenvalue weighted by molar-refractivity contribution is 5.94. The fourth-order valence-electron chi connectivity index (χ4n) is 3.49. The van der Waals surface area contributed by atoms with E-state index in [0.29, 0.717) is 13.0 Å². The van der Waals surface area contributed by atoms with Crippen LogP contribution in [0.25, 0.3) is 10.9 Å². The molecule has 27 heavy (non-hydrogen) atoms. The second kappa shape index (κ2) is 7.71. The third-order valence-electron chi connectivity index (χ3n) is 4.69. The molecule has 2 N–H and O–H groups in total. The topological polar surface area (TPSA) is 107 Å². The van der Waals surface area contributed by atoms with Gasteiger partial charge in [0.05, 0.1) is 17.7 Å². The number of anilines is 1. The van der Waals surface area contributed by atoms with Crippen molar-refractivity contribution in [1.29, 1.82) is 0 Å². The van der Waals surface area contributed by atoms with Gasteiger partial charge in [-0.1, -0.05) is 0 Å². The zero-order valence-corrected chi connectivity index (χ0v) is 15.1. The Hall–Kier alpha value is -3.00. The van der Waals surface area contributed by atoms with E-state index < -0.39 is 17.5 Å². The average molecular weight is 370 g/mol.